The van der Waals surface area contributed by atoms with Crippen molar-refractivity contribution in [2.45, 2.75) is 6.92 Å². The van der Waals surface area contributed by atoms with E-state index < -0.39 is 0 Å². The minimum atomic E-state index is 0.659. The van der Waals surface area contributed by atoms with Gasteiger partial charge in [0.1, 0.15) is 5.69 Å². The number of aromatic nitrogens is 5. The van der Waals surface area contributed by atoms with Crippen molar-refractivity contribution in [2.75, 3.05) is 4.90 Å². The van der Waals surface area contributed by atoms with Gasteiger partial charge in [0.05, 0.1) is 11.0 Å². The Morgan fingerprint density at radius 2 is 1.07 bits per heavy atom. The van der Waals surface area contributed by atoms with Crippen molar-refractivity contribution in [2.24, 2.45) is 0 Å². The summed E-state index contributed by atoms with van der Waals surface area (Å²) in [4.78, 5) is 7.18. The van der Waals surface area contributed by atoms with Crippen LogP contribution < -0.4 is 4.90 Å². The molecular weight excluding hydrogens is 733 g/mol. The second-order valence-corrected chi connectivity index (χ2v) is 15.1. The lowest BCUT2D eigenvalue weighted by molar-refractivity contribution is 1.05. The molecule has 0 N–H and O–H groups in total. The molecule has 0 aliphatic heterocycles. The van der Waals surface area contributed by atoms with Gasteiger partial charge in [-0.05, 0) is 120 Å². The van der Waals surface area contributed by atoms with Crippen LogP contribution in [-0.2, 0) is 0 Å². The molecule has 6 heteroatoms. The van der Waals surface area contributed by atoms with Crippen molar-refractivity contribution in [3.05, 3.63) is 218 Å². The van der Waals surface area contributed by atoms with Gasteiger partial charge in [0.15, 0.2) is 11.6 Å². The second-order valence-electron chi connectivity index (χ2n) is 15.1. The van der Waals surface area contributed by atoms with Crippen LogP contribution in [-0.4, -0.2) is 24.3 Å². The molecule has 0 aliphatic carbocycles. The van der Waals surface area contributed by atoms with Crippen LogP contribution in [0.2, 0.25) is 0 Å². The third kappa shape index (κ3) is 6.10. The fourth-order valence-electron chi connectivity index (χ4n) is 8.57. The number of fused-ring (bicyclic) bond motifs is 4. The maximum Gasteiger partial charge on any atom is 0.187 e. The fraction of sp³-hybridized carbons (Fsp3) is 0.0185. The van der Waals surface area contributed by atoms with Gasteiger partial charge < -0.3 is 9.47 Å². The molecule has 0 bridgehead atoms. The molecule has 284 valence electrons. The SMILES string of the molecule is Cc1ccc2c(-c3ccc4c(c3)c3ccccc3n4-c3ccnc(-c4nnc(-c5ccc(N(c6ccccc6)c6ccccc6)cc5)n4-c4ccccc4)c3)cccc2c1. The molecule has 0 aliphatic rings. The quantitative estimate of drug-likeness (QED) is 0.154. The van der Waals surface area contributed by atoms with Gasteiger partial charge in [0.2, 0.25) is 0 Å². The van der Waals surface area contributed by atoms with Crippen LogP contribution in [0.15, 0.2) is 212 Å². The van der Waals surface area contributed by atoms with Crippen LogP contribution in [0.1, 0.15) is 5.56 Å². The molecular formula is C54H38N6. The standard InChI is InChI=1S/C54H38N6/c1-37-24-30-47-39(34-37)14-13-22-46(47)40-27-31-52-49(35-40)48-21-11-12-23-51(48)59(52)45-32-33-55-50(36-45)54-57-56-53(60(54)43-19-9-4-10-20-43)38-25-28-44(29-26-38)58(41-15-5-2-6-16-41)42-17-7-3-8-18-42/h2-36H,1H3. The van der Waals surface area contributed by atoms with Crippen molar-refractivity contribution < 1.29 is 0 Å². The zero-order chi connectivity index (χ0) is 40.0. The second kappa shape index (κ2) is 14.7. The molecule has 0 unspecified atom stereocenters. The molecule has 8 aromatic carbocycles. The lowest BCUT2D eigenvalue weighted by atomic mass is 9.96. The first-order chi connectivity index (χ1) is 29.7. The van der Waals surface area contributed by atoms with Crippen molar-refractivity contribution in [1.29, 1.82) is 0 Å². The van der Waals surface area contributed by atoms with Crippen molar-refractivity contribution in [1.82, 2.24) is 24.3 Å². The van der Waals surface area contributed by atoms with E-state index in [0.29, 0.717) is 5.82 Å². The van der Waals surface area contributed by atoms with Crippen molar-refractivity contribution in [3.63, 3.8) is 0 Å². The molecule has 3 aromatic heterocycles. The van der Waals surface area contributed by atoms with Crippen LogP contribution in [0.3, 0.4) is 0 Å². The number of hydrogen-bond acceptors (Lipinski definition) is 4. The van der Waals surface area contributed by atoms with Gasteiger partial charge in [0.25, 0.3) is 0 Å². The zero-order valence-corrected chi connectivity index (χ0v) is 32.9. The van der Waals surface area contributed by atoms with E-state index in [9.17, 15) is 0 Å². The van der Waals surface area contributed by atoms with Crippen LogP contribution in [0.4, 0.5) is 17.1 Å². The largest absolute Gasteiger partial charge is 0.311 e. The summed E-state index contributed by atoms with van der Waals surface area (Å²) in [5.41, 5.74) is 12.8. The molecule has 0 fully saturated rings. The van der Waals surface area contributed by atoms with E-state index in [-0.39, 0.29) is 0 Å². The fourth-order valence-corrected chi connectivity index (χ4v) is 8.57. The summed E-state index contributed by atoms with van der Waals surface area (Å²) in [6.07, 6.45) is 1.87. The van der Waals surface area contributed by atoms with Gasteiger partial charge >= 0.3 is 0 Å². The van der Waals surface area contributed by atoms with Gasteiger partial charge in [-0.2, -0.15) is 0 Å². The molecule has 0 saturated heterocycles. The lowest BCUT2D eigenvalue weighted by Crippen LogP contribution is -2.09. The molecule has 0 amide bonds. The number of benzene rings is 8. The number of nitrogens with zero attached hydrogens (tertiary/aromatic N) is 6. The highest BCUT2D eigenvalue weighted by atomic mass is 15.3. The molecule has 6 nitrogen and oxygen atoms in total. The average molecular weight is 771 g/mol. The van der Waals surface area contributed by atoms with E-state index in [1.165, 1.54) is 38.2 Å². The molecule has 0 spiro atoms. The van der Waals surface area contributed by atoms with E-state index in [0.717, 1.165) is 56.6 Å². The molecule has 0 atom stereocenters. The van der Waals surface area contributed by atoms with E-state index in [1.807, 2.05) is 36.5 Å². The number of hydrogen-bond donors (Lipinski definition) is 0. The first-order valence-electron chi connectivity index (χ1n) is 20.2. The topological polar surface area (TPSA) is 51.8 Å². The molecule has 0 saturated carbocycles. The Kier molecular flexibility index (Phi) is 8.59. The Hall–Kier alpha value is -8.09. The van der Waals surface area contributed by atoms with E-state index in [4.69, 9.17) is 15.2 Å². The predicted octanol–water partition coefficient (Wildman–Crippen LogP) is 13.7. The summed E-state index contributed by atoms with van der Waals surface area (Å²) < 4.78 is 4.44. The molecule has 60 heavy (non-hydrogen) atoms. The van der Waals surface area contributed by atoms with E-state index in [1.54, 1.807) is 0 Å². The van der Waals surface area contributed by atoms with Crippen LogP contribution in [0, 0.1) is 6.92 Å². The Balaban J connectivity index is 1.02. The highest BCUT2D eigenvalue weighted by Gasteiger charge is 2.21. The van der Waals surface area contributed by atoms with E-state index in [2.05, 4.69) is 197 Å². The molecule has 0 radical (unpaired) electrons. The maximum absolute atomic E-state index is 4.92. The molecule has 3 heterocycles. The average Bonchev–Trinajstić information content (AvgIpc) is 3.90. The lowest BCUT2D eigenvalue weighted by Gasteiger charge is -2.25. The van der Waals surface area contributed by atoms with Gasteiger partial charge in [-0.25, -0.2) is 0 Å². The zero-order valence-electron chi connectivity index (χ0n) is 32.9. The highest BCUT2D eigenvalue weighted by molar-refractivity contribution is 6.11. The maximum atomic E-state index is 4.92. The van der Waals surface area contributed by atoms with Crippen molar-refractivity contribution in [3.8, 4) is 45.4 Å². The minimum Gasteiger partial charge on any atom is -0.311 e. The first kappa shape index (κ1) is 35.1. The number of rotatable bonds is 8. The molecule has 11 aromatic rings. The van der Waals surface area contributed by atoms with Crippen LogP contribution in [0.25, 0.3) is 78.0 Å². The summed E-state index contributed by atoms with van der Waals surface area (Å²) in [5.74, 6) is 1.39. The summed E-state index contributed by atoms with van der Waals surface area (Å²) in [7, 11) is 0. The normalized spacial score (nSPS) is 11.4. The monoisotopic (exact) mass is 770 g/mol. The minimum absolute atomic E-state index is 0.659. The number of anilines is 3. The van der Waals surface area contributed by atoms with Gasteiger partial charge in [-0.15, -0.1) is 10.2 Å². The number of pyridine rings is 1. The Labute approximate surface area is 347 Å². The van der Waals surface area contributed by atoms with Gasteiger partial charge in [-0.1, -0.05) is 121 Å². The van der Waals surface area contributed by atoms with Crippen LogP contribution >= 0.6 is 0 Å². The summed E-state index contributed by atoms with van der Waals surface area (Å²) in [5, 5.41) is 14.6. The first-order valence-corrected chi connectivity index (χ1v) is 20.2. The smallest absolute Gasteiger partial charge is 0.187 e. The summed E-state index contributed by atoms with van der Waals surface area (Å²) in [6.45, 7) is 2.15. The summed E-state index contributed by atoms with van der Waals surface area (Å²) in [6, 6.07) is 72.6. The van der Waals surface area contributed by atoms with Crippen molar-refractivity contribution >= 4 is 49.6 Å². The number of para-hydroxylation sites is 4. The van der Waals surface area contributed by atoms with E-state index >= 15 is 0 Å². The Morgan fingerprint density at radius 3 is 1.83 bits per heavy atom. The third-order valence-corrected chi connectivity index (χ3v) is 11.3. The number of aryl methyl sites for hydroxylation is 1. The Morgan fingerprint density at radius 1 is 0.417 bits per heavy atom. The third-order valence-electron chi connectivity index (χ3n) is 11.3. The van der Waals surface area contributed by atoms with Crippen LogP contribution in [0.5, 0.6) is 0 Å². The van der Waals surface area contributed by atoms with Gasteiger partial charge in [0, 0.05) is 51.0 Å². The van der Waals surface area contributed by atoms with Gasteiger partial charge in [-0.3, -0.25) is 9.55 Å². The molecule has 11 rings (SSSR count). The summed E-state index contributed by atoms with van der Waals surface area (Å²) >= 11 is 0. The highest BCUT2D eigenvalue weighted by Crippen LogP contribution is 2.39. The predicted molar refractivity (Wildman–Crippen MR) is 247 cm³/mol. The Bertz CT molecular complexity index is 3280.